The van der Waals surface area contributed by atoms with Crippen LogP contribution in [0.3, 0.4) is 0 Å². The molecule has 103 heavy (non-hydrogen) atoms. The van der Waals surface area contributed by atoms with Gasteiger partial charge in [0, 0.05) is 45.8 Å². The molecule has 6 heterocycles. The Bertz CT molecular complexity index is 5820. The maximum Gasteiger partial charge on any atom is 0.260 e. The topological polar surface area (TPSA) is 37.4 Å². The Kier molecular flexibility index (Phi) is 13.3. The van der Waals surface area contributed by atoms with Gasteiger partial charge in [0.1, 0.15) is 34.5 Å². The molecule has 6 aliphatic rings. The normalized spacial score (nSPS) is 13.8. The van der Waals surface area contributed by atoms with Crippen molar-refractivity contribution in [2.24, 2.45) is 0 Å². The zero-order valence-corrected chi connectivity index (χ0v) is 56.9. The summed E-state index contributed by atoms with van der Waals surface area (Å²) in [6, 6.07) is 123. The van der Waals surface area contributed by atoms with E-state index in [1.54, 1.807) is 0 Å². The summed E-state index contributed by atoms with van der Waals surface area (Å²) >= 11 is 0. The van der Waals surface area contributed by atoms with Gasteiger partial charge in [0.2, 0.25) is 0 Å². The Morgan fingerprint density at radius 3 is 1.21 bits per heavy atom. The molecule has 0 radical (unpaired) electrons. The highest BCUT2D eigenvalue weighted by Crippen LogP contribution is 2.65. The number of para-hydroxylation sites is 7. The molecule has 0 aromatic heterocycles. The van der Waals surface area contributed by atoms with Crippen LogP contribution in [0.5, 0.6) is 34.5 Å². The number of rotatable bonds is 9. The minimum Gasteiger partial charge on any atom is -0.458 e. The van der Waals surface area contributed by atoms with E-state index in [0.29, 0.717) is 0 Å². The zero-order valence-electron chi connectivity index (χ0n) is 56.9. The standard InChI is InChI=1S/C95H65B2N3O3/c1-3-60-36-29-37-61(4-2)91(60)66-54-88-93-89(55-66)103-87-59-83-77(58-78(87)97(93)76-45-22-28-51-86(76)101-88)96-75-44-21-27-50-85(75)102-90-57-68(56-84(92(90)96)100(83)94-69(63-32-11-6-12-33-63)52-65(62-30-9-5-10-31-62)53-70(94)64-34-13-7-14-35-64)99-81-48-25-19-42-73(81)95(74-43-20-26-49-82(74)99)71-40-17-23-46-79(71)98(67-38-15-8-16-39-67)80-47-24-18-41-72(80)95/h5-59H,3-4H2,1-2H3. The average molecular weight is 1320 g/mol. The summed E-state index contributed by atoms with van der Waals surface area (Å²) < 4.78 is 22.5. The summed E-state index contributed by atoms with van der Waals surface area (Å²) in [7, 11) is 0. The molecule has 6 aliphatic heterocycles. The molecular weight excluding hydrogens is 1250 g/mol. The maximum atomic E-state index is 7.76. The monoisotopic (exact) mass is 1320 g/mol. The van der Waals surface area contributed by atoms with Crippen LogP contribution in [-0.4, -0.2) is 13.4 Å². The van der Waals surface area contributed by atoms with Crippen LogP contribution in [0, 0.1) is 0 Å². The van der Waals surface area contributed by atoms with Crippen LogP contribution in [-0.2, 0) is 18.3 Å². The van der Waals surface area contributed by atoms with Crippen molar-refractivity contribution in [1.29, 1.82) is 0 Å². The van der Waals surface area contributed by atoms with Crippen LogP contribution in [0.2, 0.25) is 0 Å². The van der Waals surface area contributed by atoms with E-state index in [0.717, 1.165) is 170 Å². The molecule has 6 nitrogen and oxygen atoms in total. The van der Waals surface area contributed by atoms with E-state index in [1.165, 1.54) is 38.9 Å². The lowest BCUT2D eigenvalue weighted by molar-refractivity contribution is 0.465. The second-order valence-corrected chi connectivity index (χ2v) is 27.8. The van der Waals surface area contributed by atoms with E-state index in [2.05, 4.69) is 362 Å². The molecule has 0 saturated heterocycles. The summed E-state index contributed by atoms with van der Waals surface area (Å²) in [5, 5.41) is 0. The molecule has 0 N–H and O–H groups in total. The summed E-state index contributed by atoms with van der Waals surface area (Å²) in [4.78, 5) is 7.57. The van der Waals surface area contributed by atoms with Crippen LogP contribution in [0.1, 0.15) is 47.2 Å². The summed E-state index contributed by atoms with van der Waals surface area (Å²) in [5.74, 6) is 4.89. The first-order chi connectivity index (χ1) is 51.0. The van der Waals surface area contributed by atoms with E-state index in [1.807, 2.05) is 0 Å². The van der Waals surface area contributed by atoms with Gasteiger partial charge < -0.3 is 28.9 Å². The van der Waals surface area contributed by atoms with Crippen LogP contribution in [0.4, 0.5) is 51.2 Å². The van der Waals surface area contributed by atoms with Gasteiger partial charge in [-0.25, -0.2) is 0 Å². The lowest BCUT2D eigenvalue weighted by atomic mass is 9.31. The van der Waals surface area contributed by atoms with Crippen molar-refractivity contribution in [2.45, 2.75) is 32.1 Å². The lowest BCUT2D eigenvalue weighted by Crippen LogP contribution is -2.62. The molecule has 0 fully saturated rings. The van der Waals surface area contributed by atoms with Gasteiger partial charge in [0.15, 0.2) is 0 Å². The van der Waals surface area contributed by atoms with Gasteiger partial charge in [-0.05, 0) is 186 Å². The highest BCUT2D eigenvalue weighted by atomic mass is 16.5. The molecule has 15 aromatic carbocycles. The van der Waals surface area contributed by atoms with Crippen LogP contribution in [0.25, 0.3) is 44.5 Å². The number of fused-ring (bicyclic) bond motifs is 16. The molecule has 0 bridgehead atoms. The van der Waals surface area contributed by atoms with Crippen molar-refractivity contribution in [2.75, 3.05) is 14.7 Å². The van der Waals surface area contributed by atoms with E-state index < -0.39 is 5.41 Å². The van der Waals surface area contributed by atoms with Crippen molar-refractivity contribution in [3.8, 4) is 79.0 Å². The minimum atomic E-state index is -0.742. The van der Waals surface area contributed by atoms with Gasteiger partial charge in [-0.3, -0.25) is 0 Å². The third-order valence-electron chi connectivity index (χ3n) is 22.5. The van der Waals surface area contributed by atoms with E-state index in [9.17, 15) is 0 Å². The number of anilines is 9. The molecule has 1 spiro atoms. The smallest absolute Gasteiger partial charge is 0.260 e. The van der Waals surface area contributed by atoms with Gasteiger partial charge in [-0.15, -0.1) is 0 Å². The third kappa shape index (κ3) is 8.71. The van der Waals surface area contributed by atoms with Gasteiger partial charge in [-0.2, -0.15) is 0 Å². The van der Waals surface area contributed by atoms with Crippen molar-refractivity contribution in [3.05, 3.63) is 367 Å². The molecule has 0 saturated carbocycles. The second kappa shape index (κ2) is 23.1. The van der Waals surface area contributed by atoms with Gasteiger partial charge >= 0.3 is 0 Å². The van der Waals surface area contributed by atoms with Crippen molar-refractivity contribution in [1.82, 2.24) is 0 Å². The SMILES string of the molecule is CCc1cccc(CC)c1-c1cc2c3c(c1)Oc1cc4c(cc1B3c1ccccc1O2)B1c2ccccc2Oc2cc(N3c5ccccc5C5(c6ccccc6N(c6ccccc6)c6ccccc65)c5ccccc53)cc(c21)N4c1c(-c2ccccc2)cc(-c2ccccc2)cc1-c1ccccc1. The number of nitrogens with zero attached hydrogens (tertiary/aromatic N) is 3. The highest BCUT2D eigenvalue weighted by Gasteiger charge is 2.53. The van der Waals surface area contributed by atoms with Gasteiger partial charge in [0.05, 0.1) is 39.5 Å². The molecule has 0 amide bonds. The Morgan fingerprint density at radius 2 is 0.699 bits per heavy atom. The molecular formula is C95H65B2N3O3. The quantitative estimate of drug-likeness (QED) is 0.134. The molecule has 0 unspecified atom stereocenters. The van der Waals surface area contributed by atoms with Crippen LogP contribution >= 0.6 is 0 Å². The molecule has 484 valence electrons. The van der Waals surface area contributed by atoms with Crippen LogP contribution < -0.4 is 61.7 Å². The molecule has 8 heteroatoms. The van der Waals surface area contributed by atoms with Gasteiger partial charge in [0.25, 0.3) is 13.4 Å². The first-order valence-corrected chi connectivity index (χ1v) is 36.1. The lowest BCUT2D eigenvalue weighted by Gasteiger charge is -2.51. The summed E-state index contributed by atoms with van der Waals surface area (Å²) in [5.41, 5.74) is 31.7. The van der Waals surface area contributed by atoms with E-state index in [-0.39, 0.29) is 13.4 Å². The predicted molar refractivity (Wildman–Crippen MR) is 425 cm³/mol. The van der Waals surface area contributed by atoms with E-state index >= 15 is 0 Å². The van der Waals surface area contributed by atoms with Crippen molar-refractivity contribution in [3.63, 3.8) is 0 Å². The maximum absolute atomic E-state index is 7.76. The molecule has 0 atom stereocenters. The number of hydrogen-bond acceptors (Lipinski definition) is 6. The van der Waals surface area contributed by atoms with Gasteiger partial charge in [-0.1, -0.05) is 257 Å². The Balaban J connectivity index is 0.864. The first-order valence-electron chi connectivity index (χ1n) is 36.1. The highest BCUT2D eigenvalue weighted by molar-refractivity contribution is 7.01. The fourth-order valence-corrected chi connectivity index (χ4v) is 18.3. The number of ether oxygens (including phenoxy) is 3. The second-order valence-electron chi connectivity index (χ2n) is 27.8. The Morgan fingerprint density at radius 1 is 0.272 bits per heavy atom. The fraction of sp³-hybridized carbons (Fsp3) is 0.0526. The number of hydrogen-bond donors (Lipinski definition) is 0. The number of benzene rings is 15. The summed E-state index contributed by atoms with van der Waals surface area (Å²) in [6.07, 6.45) is 1.79. The van der Waals surface area contributed by atoms with Crippen LogP contribution in [0.15, 0.2) is 334 Å². The van der Waals surface area contributed by atoms with Crippen molar-refractivity contribution < 1.29 is 14.2 Å². The molecule has 0 aliphatic carbocycles. The fourth-order valence-electron chi connectivity index (χ4n) is 18.3. The zero-order chi connectivity index (χ0) is 68.0. The molecule has 21 rings (SSSR count). The predicted octanol–water partition coefficient (Wildman–Crippen LogP) is 20.6. The van der Waals surface area contributed by atoms with E-state index in [4.69, 9.17) is 14.2 Å². The summed E-state index contributed by atoms with van der Waals surface area (Å²) in [6.45, 7) is 4.01. The average Bonchev–Trinajstić information content (AvgIpc) is 0.673. The Labute approximate surface area is 600 Å². The Hall–Kier alpha value is -12.8. The third-order valence-corrected chi connectivity index (χ3v) is 22.5. The number of aryl methyl sites for hydroxylation is 2. The molecule has 15 aromatic rings. The van der Waals surface area contributed by atoms with Crippen molar-refractivity contribution >= 4 is 97.4 Å². The largest absolute Gasteiger partial charge is 0.458 e. The minimum absolute atomic E-state index is 0.214. The first kappa shape index (κ1) is 59.1.